The molecule has 7 nitrogen and oxygen atoms in total. The molecular formula is C22H29N5O2. The molecule has 2 aromatic rings. The number of methoxy groups -OCH3 is 1. The van der Waals surface area contributed by atoms with Crippen LogP contribution in [-0.4, -0.2) is 60.5 Å². The third-order valence-electron chi connectivity index (χ3n) is 5.86. The van der Waals surface area contributed by atoms with Crippen LogP contribution in [0.25, 0.3) is 11.3 Å². The van der Waals surface area contributed by atoms with E-state index in [4.69, 9.17) is 4.74 Å². The van der Waals surface area contributed by atoms with Crippen LogP contribution in [0.3, 0.4) is 0 Å². The van der Waals surface area contributed by atoms with Gasteiger partial charge in [-0.3, -0.25) is 0 Å². The second kappa shape index (κ2) is 9.11. The van der Waals surface area contributed by atoms with E-state index in [0.717, 1.165) is 48.8 Å². The molecule has 0 spiro atoms. The second-order valence-electron chi connectivity index (χ2n) is 7.76. The minimum absolute atomic E-state index is 0.0810. The predicted octanol–water partition coefficient (Wildman–Crippen LogP) is 3.32. The second-order valence-corrected chi connectivity index (χ2v) is 7.76. The Morgan fingerprint density at radius 2 is 1.69 bits per heavy atom. The van der Waals surface area contributed by atoms with E-state index in [1.54, 1.807) is 7.11 Å². The lowest BCUT2D eigenvalue weighted by Crippen LogP contribution is -2.53. The number of ether oxygens (including phenoxy) is 1. The van der Waals surface area contributed by atoms with Gasteiger partial charge in [-0.2, -0.15) is 0 Å². The number of hydrogen-bond acceptors (Lipinski definition) is 5. The molecule has 2 amide bonds. The highest BCUT2D eigenvalue weighted by molar-refractivity contribution is 5.75. The van der Waals surface area contributed by atoms with E-state index in [1.165, 1.54) is 19.3 Å². The first-order valence-corrected chi connectivity index (χ1v) is 10.5. The van der Waals surface area contributed by atoms with Gasteiger partial charge in [0.25, 0.3) is 0 Å². The van der Waals surface area contributed by atoms with Crippen LogP contribution in [0.5, 0.6) is 5.75 Å². The molecule has 4 rings (SSSR count). The number of hydrogen-bond donors (Lipinski definition) is 1. The average molecular weight is 396 g/mol. The van der Waals surface area contributed by atoms with Gasteiger partial charge in [-0.05, 0) is 49.2 Å². The molecule has 2 fully saturated rings. The van der Waals surface area contributed by atoms with E-state index in [9.17, 15) is 4.79 Å². The number of nitrogens with one attached hydrogen (secondary N) is 1. The van der Waals surface area contributed by atoms with Gasteiger partial charge in [-0.15, -0.1) is 10.2 Å². The van der Waals surface area contributed by atoms with E-state index < -0.39 is 0 Å². The SMILES string of the molecule is COc1ccc(-c2ccc(N3CCN(C(=O)NC4CCCCC4)CC3)nn2)cc1. The molecule has 1 aromatic carbocycles. The zero-order valence-corrected chi connectivity index (χ0v) is 17.0. The number of benzene rings is 1. The van der Waals surface area contributed by atoms with Crippen molar-refractivity contribution in [2.75, 3.05) is 38.2 Å². The van der Waals surface area contributed by atoms with E-state index in [-0.39, 0.29) is 6.03 Å². The van der Waals surface area contributed by atoms with Crippen LogP contribution in [0.2, 0.25) is 0 Å². The van der Waals surface area contributed by atoms with Crippen molar-refractivity contribution in [3.63, 3.8) is 0 Å². The van der Waals surface area contributed by atoms with Crippen LogP contribution in [-0.2, 0) is 0 Å². The van der Waals surface area contributed by atoms with Crippen molar-refractivity contribution < 1.29 is 9.53 Å². The number of nitrogens with zero attached hydrogens (tertiary/aromatic N) is 4. The van der Waals surface area contributed by atoms with Gasteiger partial charge in [-0.1, -0.05) is 19.3 Å². The molecule has 1 aliphatic heterocycles. The minimum atomic E-state index is 0.0810. The first-order chi connectivity index (χ1) is 14.2. The molecule has 0 atom stereocenters. The van der Waals surface area contributed by atoms with Crippen molar-refractivity contribution in [2.24, 2.45) is 0 Å². The summed E-state index contributed by atoms with van der Waals surface area (Å²) < 4.78 is 5.20. The summed E-state index contributed by atoms with van der Waals surface area (Å²) in [6, 6.07) is 12.2. The Hall–Kier alpha value is -2.83. The predicted molar refractivity (Wildman–Crippen MR) is 113 cm³/mol. The minimum Gasteiger partial charge on any atom is -0.497 e. The lowest BCUT2D eigenvalue weighted by molar-refractivity contribution is 0.186. The smallest absolute Gasteiger partial charge is 0.317 e. The standard InChI is InChI=1S/C22H29N5O2/c1-29-19-9-7-17(8-10-19)20-11-12-21(25-24-20)26-13-15-27(16-14-26)22(28)23-18-5-3-2-4-6-18/h7-12,18H,2-6,13-16H2,1H3,(H,23,28). The Kier molecular flexibility index (Phi) is 6.12. The van der Waals surface area contributed by atoms with Gasteiger partial charge in [0.15, 0.2) is 5.82 Å². The summed E-state index contributed by atoms with van der Waals surface area (Å²) in [6.45, 7) is 2.96. The summed E-state index contributed by atoms with van der Waals surface area (Å²) >= 11 is 0. The van der Waals surface area contributed by atoms with Crippen LogP contribution in [0.4, 0.5) is 10.6 Å². The van der Waals surface area contributed by atoms with E-state index in [2.05, 4.69) is 20.4 Å². The molecule has 0 bridgehead atoms. The Balaban J connectivity index is 1.30. The van der Waals surface area contributed by atoms with Crippen LogP contribution < -0.4 is 15.0 Å². The molecular weight excluding hydrogens is 366 g/mol. The molecule has 1 saturated carbocycles. The van der Waals surface area contributed by atoms with Crippen LogP contribution in [0.1, 0.15) is 32.1 Å². The highest BCUT2D eigenvalue weighted by atomic mass is 16.5. The zero-order chi connectivity index (χ0) is 20.1. The normalized spacial score (nSPS) is 17.8. The number of piperazine rings is 1. The number of carbonyl (C=O) groups is 1. The molecule has 154 valence electrons. The number of rotatable bonds is 4. The average Bonchev–Trinajstić information content (AvgIpc) is 2.80. The number of aromatic nitrogens is 2. The molecule has 1 aliphatic carbocycles. The van der Waals surface area contributed by atoms with Gasteiger partial charge >= 0.3 is 6.03 Å². The topological polar surface area (TPSA) is 70.6 Å². The Bertz CT molecular complexity index is 795. The Labute approximate surface area is 172 Å². The van der Waals surface area contributed by atoms with Crippen LogP contribution >= 0.6 is 0 Å². The fourth-order valence-corrected chi connectivity index (χ4v) is 4.06. The lowest BCUT2D eigenvalue weighted by Gasteiger charge is -2.36. The van der Waals surface area contributed by atoms with E-state index >= 15 is 0 Å². The molecule has 2 heterocycles. The summed E-state index contributed by atoms with van der Waals surface area (Å²) in [7, 11) is 1.66. The summed E-state index contributed by atoms with van der Waals surface area (Å²) in [6.07, 6.45) is 5.97. The van der Waals surface area contributed by atoms with Gasteiger partial charge in [-0.25, -0.2) is 4.79 Å². The number of anilines is 1. The van der Waals surface area contributed by atoms with Crippen molar-refractivity contribution in [3.05, 3.63) is 36.4 Å². The van der Waals surface area contributed by atoms with Crippen molar-refractivity contribution in [1.29, 1.82) is 0 Å². The highest BCUT2D eigenvalue weighted by Gasteiger charge is 2.24. The molecule has 0 radical (unpaired) electrons. The third kappa shape index (κ3) is 4.78. The van der Waals surface area contributed by atoms with Gasteiger partial charge in [0, 0.05) is 37.8 Å². The number of amides is 2. The maximum absolute atomic E-state index is 12.5. The summed E-state index contributed by atoms with van der Waals surface area (Å²) in [4.78, 5) is 16.6. The largest absolute Gasteiger partial charge is 0.497 e. The van der Waals surface area contributed by atoms with Gasteiger partial charge in [0.2, 0.25) is 0 Å². The Morgan fingerprint density at radius 1 is 0.966 bits per heavy atom. The van der Waals surface area contributed by atoms with E-state index in [0.29, 0.717) is 19.1 Å². The molecule has 1 N–H and O–H groups in total. The van der Waals surface area contributed by atoms with E-state index in [1.807, 2.05) is 41.3 Å². The third-order valence-corrected chi connectivity index (χ3v) is 5.86. The van der Waals surface area contributed by atoms with Crippen molar-refractivity contribution in [2.45, 2.75) is 38.1 Å². The highest BCUT2D eigenvalue weighted by Crippen LogP contribution is 2.22. The van der Waals surface area contributed by atoms with Crippen molar-refractivity contribution in [1.82, 2.24) is 20.4 Å². The van der Waals surface area contributed by atoms with Crippen molar-refractivity contribution in [3.8, 4) is 17.0 Å². The van der Waals surface area contributed by atoms with Crippen molar-refractivity contribution >= 4 is 11.8 Å². The molecule has 7 heteroatoms. The number of carbonyl (C=O) groups excluding carboxylic acids is 1. The molecule has 1 aromatic heterocycles. The van der Waals surface area contributed by atoms with Crippen LogP contribution in [0, 0.1) is 0 Å². The van der Waals surface area contributed by atoms with Crippen LogP contribution in [0.15, 0.2) is 36.4 Å². The number of urea groups is 1. The molecule has 29 heavy (non-hydrogen) atoms. The fraction of sp³-hybridized carbons (Fsp3) is 0.500. The maximum atomic E-state index is 12.5. The van der Waals surface area contributed by atoms with Gasteiger partial charge < -0.3 is 19.9 Å². The maximum Gasteiger partial charge on any atom is 0.317 e. The first-order valence-electron chi connectivity index (χ1n) is 10.5. The fourth-order valence-electron chi connectivity index (χ4n) is 4.06. The summed E-state index contributed by atoms with van der Waals surface area (Å²) in [5.41, 5.74) is 1.84. The monoisotopic (exact) mass is 395 g/mol. The molecule has 0 unspecified atom stereocenters. The zero-order valence-electron chi connectivity index (χ0n) is 17.0. The lowest BCUT2D eigenvalue weighted by atomic mass is 9.96. The summed E-state index contributed by atoms with van der Waals surface area (Å²) in [5, 5.41) is 12.0. The van der Waals surface area contributed by atoms with Gasteiger partial charge in [0.1, 0.15) is 5.75 Å². The Morgan fingerprint density at radius 3 is 2.31 bits per heavy atom. The summed E-state index contributed by atoms with van der Waals surface area (Å²) in [5.74, 6) is 1.68. The first kappa shape index (κ1) is 19.5. The van der Waals surface area contributed by atoms with Gasteiger partial charge in [0.05, 0.1) is 12.8 Å². The molecule has 1 saturated heterocycles. The quantitative estimate of drug-likeness (QED) is 0.860. The molecule has 2 aliphatic rings.